The van der Waals surface area contributed by atoms with Gasteiger partial charge in [-0.1, -0.05) is 6.07 Å². The van der Waals surface area contributed by atoms with Crippen LogP contribution < -0.4 is 9.47 Å². The van der Waals surface area contributed by atoms with Gasteiger partial charge in [0, 0.05) is 7.05 Å². The van der Waals surface area contributed by atoms with Crippen LogP contribution >= 0.6 is 0 Å². The third-order valence-corrected chi connectivity index (χ3v) is 2.34. The van der Waals surface area contributed by atoms with Gasteiger partial charge in [0.15, 0.2) is 0 Å². The third-order valence-electron chi connectivity index (χ3n) is 2.34. The van der Waals surface area contributed by atoms with Crippen molar-refractivity contribution in [3.8, 4) is 11.5 Å². The van der Waals surface area contributed by atoms with Gasteiger partial charge in [0.25, 0.3) is 5.91 Å². The van der Waals surface area contributed by atoms with Crippen molar-refractivity contribution in [2.24, 2.45) is 0 Å². The number of carbonyl (C=O) groups excluding carboxylic acids is 2. The highest BCUT2D eigenvalue weighted by Gasteiger charge is 2.21. The van der Waals surface area contributed by atoms with Gasteiger partial charge in [-0.25, -0.2) is 0 Å². The molecule has 17 heavy (non-hydrogen) atoms. The molecule has 92 valence electrons. The molecule has 1 aromatic carbocycles. The van der Waals surface area contributed by atoms with E-state index >= 15 is 0 Å². The molecular weight excluding hydrogens is 222 g/mol. The molecule has 0 saturated heterocycles. The second-order valence-corrected chi connectivity index (χ2v) is 3.39. The average Bonchev–Trinajstić information content (AvgIpc) is 2.37. The van der Waals surface area contributed by atoms with E-state index in [0.29, 0.717) is 23.3 Å². The van der Waals surface area contributed by atoms with Crippen molar-refractivity contribution in [3.05, 3.63) is 23.8 Å². The van der Waals surface area contributed by atoms with Crippen LogP contribution in [0.15, 0.2) is 18.2 Å². The lowest BCUT2D eigenvalue weighted by Crippen LogP contribution is -2.29. The van der Waals surface area contributed by atoms with Crippen LogP contribution in [-0.2, 0) is 4.79 Å². The predicted molar refractivity (Wildman–Crippen MR) is 62.6 cm³/mol. The minimum atomic E-state index is -0.314. The fraction of sp³-hybridized carbons (Fsp3) is 0.333. The first kappa shape index (κ1) is 13.0. The maximum absolute atomic E-state index is 12.1. The minimum Gasteiger partial charge on any atom is -0.496 e. The molecule has 0 spiro atoms. The van der Waals surface area contributed by atoms with E-state index in [0.717, 1.165) is 0 Å². The Labute approximate surface area is 99.9 Å². The van der Waals surface area contributed by atoms with Gasteiger partial charge in [0.1, 0.15) is 23.3 Å². The molecule has 0 fully saturated rings. The Kier molecular flexibility index (Phi) is 4.51. The van der Waals surface area contributed by atoms with Gasteiger partial charge in [-0.05, 0) is 12.1 Å². The molecular formula is C12H15NO4. The zero-order valence-corrected chi connectivity index (χ0v) is 10.1. The normalized spacial score (nSPS) is 9.59. The fourth-order valence-corrected chi connectivity index (χ4v) is 1.45. The van der Waals surface area contributed by atoms with Crippen LogP contribution in [0.2, 0.25) is 0 Å². The Morgan fingerprint density at radius 1 is 1.29 bits per heavy atom. The van der Waals surface area contributed by atoms with Crippen LogP contribution in [0, 0.1) is 0 Å². The van der Waals surface area contributed by atoms with Crippen molar-refractivity contribution in [2.75, 3.05) is 27.8 Å². The van der Waals surface area contributed by atoms with Crippen LogP contribution in [0.3, 0.4) is 0 Å². The van der Waals surface area contributed by atoms with E-state index in [2.05, 4.69) is 0 Å². The van der Waals surface area contributed by atoms with Crippen LogP contribution in [0.4, 0.5) is 0 Å². The van der Waals surface area contributed by atoms with E-state index < -0.39 is 0 Å². The molecule has 0 bridgehead atoms. The van der Waals surface area contributed by atoms with Crippen LogP contribution in [0.5, 0.6) is 11.5 Å². The Balaban J connectivity index is 3.18. The van der Waals surface area contributed by atoms with E-state index in [-0.39, 0.29) is 12.5 Å². The smallest absolute Gasteiger partial charge is 0.261 e. The number of likely N-dealkylation sites (N-methyl/N-ethyl adjacent to an activating group) is 1. The molecule has 0 N–H and O–H groups in total. The predicted octanol–water partition coefficient (Wildman–Crippen LogP) is 0.975. The minimum absolute atomic E-state index is 0.0278. The summed E-state index contributed by atoms with van der Waals surface area (Å²) < 4.78 is 10.2. The summed E-state index contributed by atoms with van der Waals surface area (Å²) >= 11 is 0. The fourth-order valence-electron chi connectivity index (χ4n) is 1.45. The lowest BCUT2D eigenvalue weighted by atomic mass is 10.1. The number of hydrogen-bond donors (Lipinski definition) is 0. The molecule has 5 nitrogen and oxygen atoms in total. The molecule has 0 unspecified atom stereocenters. The number of methoxy groups -OCH3 is 2. The second kappa shape index (κ2) is 5.89. The first-order valence-electron chi connectivity index (χ1n) is 5.05. The Bertz CT molecular complexity index is 395. The molecule has 0 aliphatic carbocycles. The van der Waals surface area contributed by atoms with Crippen molar-refractivity contribution in [2.45, 2.75) is 0 Å². The summed E-state index contributed by atoms with van der Waals surface area (Å²) in [6, 6.07) is 5.07. The second-order valence-electron chi connectivity index (χ2n) is 3.39. The zero-order valence-electron chi connectivity index (χ0n) is 10.1. The first-order chi connectivity index (χ1) is 8.15. The molecule has 0 aromatic heterocycles. The monoisotopic (exact) mass is 237 g/mol. The summed E-state index contributed by atoms with van der Waals surface area (Å²) in [5.74, 6) is 0.533. The lowest BCUT2D eigenvalue weighted by Gasteiger charge is -2.18. The number of carbonyl (C=O) groups is 2. The molecule has 0 radical (unpaired) electrons. The summed E-state index contributed by atoms with van der Waals surface area (Å²) in [5.41, 5.74) is 0.321. The van der Waals surface area contributed by atoms with E-state index in [9.17, 15) is 9.59 Å². The topological polar surface area (TPSA) is 55.8 Å². The van der Waals surface area contributed by atoms with Crippen molar-refractivity contribution in [1.82, 2.24) is 4.90 Å². The Morgan fingerprint density at radius 2 is 1.82 bits per heavy atom. The number of amides is 1. The van der Waals surface area contributed by atoms with Gasteiger partial charge in [0.2, 0.25) is 0 Å². The number of aldehydes is 1. The molecule has 1 rings (SSSR count). The standard InChI is InChI=1S/C12H15NO4/c1-13(7-8-14)12(15)11-9(16-2)5-4-6-10(11)17-3/h4-6,8H,7H2,1-3H3. The molecule has 5 heteroatoms. The number of rotatable bonds is 5. The molecule has 0 heterocycles. The van der Waals surface area contributed by atoms with Crippen molar-refractivity contribution in [3.63, 3.8) is 0 Å². The summed E-state index contributed by atoms with van der Waals surface area (Å²) in [4.78, 5) is 23.8. The van der Waals surface area contributed by atoms with Crippen LogP contribution in [-0.4, -0.2) is 44.9 Å². The SMILES string of the molecule is COc1cccc(OC)c1C(=O)N(C)CC=O. The highest BCUT2D eigenvalue weighted by Crippen LogP contribution is 2.29. The summed E-state index contributed by atoms with van der Waals surface area (Å²) in [6.07, 6.45) is 0.666. The van der Waals surface area contributed by atoms with Crippen LogP contribution in [0.1, 0.15) is 10.4 Å². The van der Waals surface area contributed by atoms with Crippen LogP contribution in [0.25, 0.3) is 0 Å². The van der Waals surface area contributed by atoms with Crippen molar-refractivity contribution < 1.29 is 19.1 Å². The molecule has 0 aliphatic rings. The van der Waals surface area contributed by atoms with Gasteiger partial charge >= 0.3 is 0 Å². The van der Waals surface area contributed by atoms with Gasteiger partial charge in [-0.3, -0.25) is 4.79 Å². The molecule has 1 amide bonds. The summed E-state index contributed by atoms with van der Waals surface area (Å²) in [7, 11) is 4.50. The molecule has 0 saturated carbocycles. The van der Waals surface area contributed by atoms with E-state index in [1.807, 2.05) is 0 Å². The quantitative estimate of drug-likeness (QED) is 0.716. The largest absolute Gasteiger partial charge is 0.496 e. The highest BCUT2D eigenvalue weighted by molar-refractivity contribution is 6.00. The van der Waals surface area contributed by atoms with Gasteiger partial charge in [-0.2, -0.15) is 0 Å². The molecule has 0 aliphatic heterocycles. The van der Waals surface area contributed by atoms with E-state index in [4.69, 9.17) is 9.47 Å². The van der Waals surface area contributed by atoms with E-state index in [1.54, 1.807) is 25.2 Å². The third kappa shape index (κ3) is 2.75. The highest BCUT2D eigenvalue weighted by atomic mass is 16.5. The number of nitrogens with zero attached hydrogens (tertiary/aromatic N) is 1. The Morgan fingerprint density at radius 3 is 2.24 bits per heavy atom. The molecule has 1 aromatic rings. The number of benzene rings is 1. The maximum Gasteiger partial charge on any atom is 0.261 e. The summed E-state index contributed by atoms with van der Waals surface area (Å²) in [6.45, 7) is 0.0278. The van der Waals surface area contributed by atoms with E-state index in [1.165, 1.54) is 19.1 Å². The average molecular weight is 237 g/mol. The number of ether oxygens (including phenoxy) is 2. The lowest BCUT2D eigenvalue weighted by molar-refractivity contribution is -0.108. The number of hydrogen-bond acceptors (Lipinski definition) is 4. The Hall–Kier alpha value is -2.04. The van der Waals surface area contributed by atoms with Gasteiger partial charge < -0.3 is 19.2 Å². The first-order valence-corrected chi connectivity index (χ1v) is 5.05. The zero-order chi connectivity index (χ0) is 12.8. The van der Waals surface area contributed by atoms with Gasteiger partial charge in [0.05, 0.1) is 20.8 Å². The van der Waals surface area contributed by atoms with Crippen molar-refractivity contribution >= 4 is 12.2 Å². The van der Waals surface area contributed by atoms with Gasteiger partial charge in [-0.15, -0.1) is 0 Å². The molecule has 0 atom stereocenters. The maximum atomic E-state index is 12.1. The van der Waals surface area contributed by atoms with Crippen molar-refractivity contribution in [1.29, 1.82) is 0 Å². The summed E-state index contributed by atoms with van der Waals surface area (Å²) in [5, 5.41) is 0.